The van der Waals surface area contributed by atoms with Crippen LogP contribution in [0.2, 0.25) is 5.02 Å². The van der Waals surface area contributed by atoms with Gasteiger partial charge in [-0.3, -0.25) is 19.4 Å². The maximum Gasteiger partial charge on any atom is 0.337 e. The number of rotatable bonds is 3. The van der Waals surface area contributed by atoms with Crippen LogP contribution in [-0.4, -0.2) is 52.8 Å². The monoisotopic (exact) mass is 388 g/mol. The van der Waals surface area contributed by atoms with Crippen LogP contribution in [-0.2, 0) is 9.59 Å². The molecular formula is C18H13ClN2O6. The summed E-state index contributed by atoms with van der Waals surface area (Å²) in [6, 6.07) is 6.74. The Morgan fingerprint density at radius 2 is 1.70 bits per heavy atom. The van der Waals surface area contributed by atoms with Gasteiger partial charge in [-0.1, -0.05) is 17.7 Å². The number of benzene rings is 1. The smallest absolute Gasteiger partial charge is 0.337 e. The molecule has 0 atom stereocenters. The van der Waals surface area contributed by atoms with Gasteiger partial charge in [-0.25, -0.2) is 9.59 Å². The number of furan rings is 1. The average molecular weight is 389 g/mol. The van der Waals surface area contributed by atoms with E-state index >= 15 is 0 Å². The summed E-state index contributed by atoms with van der Waals surface area (Å²) in [5, 5.41) is 9.06. The normalized spacial score (nSPS) is 14.8. The van der Waals surface area contributed by atoms with E-state index in [1.807, 2.05) is 0 Å². The van der Waals surface area contributed by atoms with Crippen LogP contribution in [0.5, 0.6) is 0 Å². The Labute approximate surface area is 158 Å². The number of amides is 4. The minimum Gasteiger partial charge on any atom is -0.478 e. The van der Waals surface area contributed by atoms with E-state index in [2.05, 4.69) is 0 Å². The molecule has 0 aliphatic carbocycles. The Balaban J connectivity index is 1.94. The molecule has 8 nitrogen and oxygen atoms in total. The highest BCUT2D eigenvalue weighted by Gasteiger charge is 2.38. The molecule has 1 aromatic carbocycles. The lowest BCUT2D eigenvalue weighted by Crippen LogP contribution is -2.52. The maximum absolute atomic E-state index is 12.2. The molecule has 1 saturated heterocycles. The molecule has 9 heteroatoms. The molecule has 1 aliphatic rings. The fourth-order valence-corrected chi connectivity index (χ4v) is 2.81. The molecule has 1 aliphatic heterocycles. The number of hydrogen-bond donors (Lipinski definition) is 1. The summed E-state index contributed by atoms with van der Waals surface area (Å²) in [4.78, 5) is 48.8. The van der Waals surface area contributed by atoms with Crippen molar-refractivity contribution in [3.8, 4) is 11.3 Å². The fraction of sp³-hybridized carbons (Fsp3) is 0.111. The summed E-state index contributed by atoms with van der Waals surface area (Å²) < 4.78 is 5.61. The van der Waals surface area contributed by atoms with Gasteiger partial charge >= 0.3 is 12.0 Å². The number of urea groups is 1. The highest BCUT2D eigenvalue weighted by Crippen LogP contribution is 2.28. The second-order valence-electron chi connectivity index (χ2n) is 5.77. The van der Waals surface area contributed by atoms with Crippen molar-refractivity contribution in [1.29, 1.82) is 0 Å². The number of nitrogens with zero attached hydrogens (tertiary/aromatic N) is 2. The first-order chi connectivity index (χ1) is 12.7. The van der Waals surface area contributed by atoms with Crippen LogP contribution in [0.4, 0.5) is 4.79 Å². The number of carboxylic acids is 1. The van der Waals surface area contributed by atoms with E-state index in [0.717, 1.165) is 9.80 Å². The third kappa shape index (κ3) is 3.22. The number of hydrogen-bond acceptors (Lipinski definition) is 5. The van der Waals surface area contributed by atoms with Gasteiger partial charge in [0.15, 0.2) is 0 Å². The molecule has 0 spiro atoms. The van der Waals surface area contributed by atoms with Gasteiger partial charge in [-0.2, -0.15) is 0 Å². The lowest BCUT2D eigenvalue weighted by Gasteiger charge is -2.28. The Bertz CT molecular complexity index is 997. The van der Waals surface area contributed by atoms with Crippen molar-refractivity contribution in [2.45, 2.75) is 0 Å². The zero-order chi connectivity index (χ0) is 19.9. The first kappa shape index (κ1) is 18.4. The number of aromatic carboxylic acids is 1. The largest absolute Gasteiger partial charge is 0.478 e. The van der Waals surface area contributed by atoms with Crippen LogP contribution in [0.1, 0.15) is 16.1 Å². The molecule has 1 fully saturated rings. The SMILES string of the molecule is CN1C(=O)C(=Cc2ccc(-c3ccc(C(=O)O)c(Cl)c3)o2)C(=O)N(C)C1=O. The molecular weight excluding hydrogens is 376 g/mol. The molecule has 27 heavy (non-hydrogen) atoms. The molecule has 0 saturated carbocycles. The van der Waals surface area contributed by atoms with Crippen molar-refractivity contribution in [2.75, 3.05) is 14.1 Å². The van der Waals surface area contributed by atoms with Crippen LogP contribution in [0.3, 0.4) is 0 Å². The van der Waals surface area contributed by atoms with E-state index in [0.29, 0.717) is 11.3 Å². The van der Waals surface area contributed by atoms with E-state index in [4.69, 9.17) is 21.1 Å². The van der Waals surface area contributed by atoms with Crippen LogP contribution < -0.4 is 0 Å². The number of carbonyl (C=O) groups excluding carboxylic acids is 3. The number of carboxylic acid groups (broad SMARTS) is 1. The van der Waals surface area contributed by atoms with Gasteiger partial charge in [0.1, 0.15) is 17.1 Å². The lowest BCUT2D eigenvalue weighted by atomic mass is 10.1. The van der Waals surface area contributed by atoms with E-state index in [-0.39, 0.29) is 21.9 Å². The quantitative estimate of drug-likeness (QED) is 0.639. The number of halogens is 1. The van der Waals surface area contributed by atoms with Crippen molar-refractivity contribution >= 4 is 41.5 Å². The van der Waals surface area contributed by atoms with Crippen molar-refractivity contribution in [1.82, 2.24) is 9.80 Å². The summed E-state index contributed by atoms with van der Waals surface area (Å²) in [6.07, 6.45) is 1.25. The summed E-state index contributed by atoms with van der Waals surface area (Å²) >= 11 is 5.95. The molecule has 2 heterocycles. The minimum absolute atomic E-state index is 0.0385. The second kappa shape index (κ2) is 6.73. The highest BCUT2D eigenvalue weighted by atomic mass is 35.5. The van der Waals surface area contributed by atoms with Gasteiger partial charge < -0.3 is 9.52 Å². The summed E-state index contributed by atoms with van der Waals surface area (Å²) in [5.41, 5.74) is 0.281. The Hall–Kier alpha value is -3.39. The number of barbiturate groups is 1. The van der Waals surface area contributed by atoms with Crippen molar-refractivity contribution in [3.05, 3.63) is 52.3 Å². The number of carbonyl (C=O) groups is 4. The summed E-state index contributed by atoms with van der Waals surface area (Å²) in [6.45, 7) is 0. The molecule has 0 bridgehead atoms. The second-order valence-corrected chi connectivity index (χ2v) is 6.18. The Morgan fingerprint density at radius 1 is 1.07 bits per heavy atom. The standard InChI is InChI=1S/C18H13ClN2O6/c1-20-15(22)12(16(23)21(2)18(20)26)8-10-4-6-14(27-10)9-3-5-11(17(24)25)13(19)7-9/h3-8H,1-2H3,(H,24,25). The van der Waals surface area contributed by atoms with Crippen LogP contribution in [0, 0.1) is 0 Å². The Morgan fingerprint density at radius 3 is 2.26 bits per heavy atom. The van der Waals surface area contributed by atoms with Gasteiger partial charge in [-0.15, -0.1) is 0 Å². The van der Waals surface area contributed by atoms with Crippen LogP contribution in [0.25, 0.3) is 17.4 Å². The molecule has 0 unspecified atom stereocenters. The van der Waals surface area contributed by atoms with Gasteiger partial charge in [-0.05, 0) is 30.3 Å². The van der Waals surface area contributed by atoms with E-state index in [1.54, 1.807) is 12.1 Å². The molecule has 1 aromatic heterocycles. The first-order valence-electron chi connectivity index (χ1n) is 7.65. The molecule has 138 valence electrons. The molecule has 4 amide bonds. The zero-order valence-electron chi connectivity index (χ0n) is 14.2. The predicted octanol–water partition coefficient (Wildman–Crippen LogP) is 2.73. The molecule has 0 radical (unpaired) electrons. The average Bonchev–Trinajstić information content (AvgIpc) is 3.10. The topological polar surface area (TPSA) is 108 Å². The summed E-state index contributed by atoms with van der Waals surface area (Å²) in [7, 11) is 2.56. The molecule has 1 N–H and O–H groups in total. The molecule has 3 rings (SSSR count). The zero-order valence-corrected chi connectivity index (χ0v) is 15.0. The van der Waals surface area contributed by atoms with E-state index < -0.39 is 23.8 Å². The Kier molecular flexibility index (Phi) is 4.59. The third-order valence-corrected chi connectivity index (χ3v) is 4.35. The van der Waals surface area contributed by atoms with E-state index in [9.17, 15) is 19.2 Å². The minimum atomic E-state index is -1.14. The van der Waals surface area contributed by atoms with Crippen molar-refractivity contribution < 1.29 is 28.7 Å². The predicted molar refractivity (Wildman–Crippen MR) is 95.0 cm³/mol. The first-order valence-corrected chi connectivity index (χ1v) is 8.03. The lowest BCUT2D eigenvalue weighted by molar-refractivity contribution is -0.134. The van der Waals surface area contributed by atoms with Crippen LogP contribution in [0.15, 0.2) is 40.3 Å². The van der Waals surface area contributed by atoms with Gasteiger partial charge in [0.05, 0.1) is 10.6 Å². The fourth-order valence-electron chi connectivity index (χ4n) is 2.54. The van der Waals surface area contributed by atoms with Crippen molar-refractivity contribution in [2.24, 2.45) is 0 Å². The van der Waals surface area contributed by atoms with Gasteiger partial charge in [0.2, 0.25) is 0 Å². The molecule has 2 aromatic rings. The number of imide groups is 2. The van der Waals surface area contributed by atoms with Crippen LogP contribution >= 0.6 is 11.6 Å². The van der Waals surface area contributed by atoms with Gasteiger partial charge in [0, 0.05) is 19.7 Å². The third-order valence-electron chi connectivity index (χ3n) is 4.04. The maximum atomic E-state index is 12.2. The van der Waals surface area contributed by atoms with Gasteiger partial charge in [0.25, 0.3) is 11.8 Å². The summed E-state index contributed by atoms with van der Waals surface area (Å²) in [5.74, 6) is -2.01. The van der Waals surface area contributed by atoms with Crippen molar-refractivity contribution in [3.63, 3.8) is 0 Å². The highest BCUT2D eigenvalue weighted by molar-refractivity contribution is 6.33. The van der Waals surface area contributed by atoms with E-state index in [1.165, 1.54) is 38.4 Å². The number of likely N-dealkylation sites (N-methyl/N-ethyl adjacent to an activating group) is 2.